The number of rotatable bonds is 5. The molecule has 0 fully saturated rings. The summed E-state index contributed by atoms with van der Waals surface area (Å²) < 4.78 is 0. The number of thioether (sulfide) groups is 1. The van der Waals surface area contributed by atoms with Gasteiger partial charge in [0, 0.05) is 30.0 Å². The minimum atomic E-state index is 0.121. The van der Waals surface area contributed by atoms with Crippen LogP contribution in [0.3, 0.4) is 0 Å². The molecule has 3 aromatic rings. The second-order valence-electron chi connectivity index (χ2n) is 6.55. The molecule has 4 rings (SSSR count). The fraction of sp³-hybridized carbons (Fsp3) is 0.174. The van der Waals surface area contributed by atoms with Crippen molar-refractivity contribution in [3.05, 3.63) is 77.9 Å². The third-order valence-corrected chi connectivity index (χ3v) is 5.79. The van der Waals surface area contributed by atoms with Gasteiger partial charge in [-0.2, -0.15) is 5.26 Å². The summed E-state index contributed by atoms with van der Waals surface area (Å²) in [7, 11) is 0. The molecule has 1 amide bonds. The van der Waals surface area contributed by atoms with Crippen molar-refractivity contribution in [1.29, 1.82) is 5.26 Å². The van der Waals surface area contributed by atoms with Crippen molar-refractivity contribution in [2.75, 3.05) is 17.2 Å². The molecule has 0 unspecified atom stereocenters. The van der Waals surface area contributed by atoms with E-state index in [1.165, 1.54) is 17.3 Å². The normalized spacial score (nSPS) is 12.5. The lowest BCUT2D eigenvalue weighted by atomic mass is 10.1. The molecular weight excluding hydrogens is 366 g/mol. The second-order valence-corrected chi connectivity index (χ2v) is 7.63. The summed E-state index contributed by atoms with van der Waals surface area (Å²) in [6.07, 6.45) is 1.33. The number of benzene rings is 2. The lowest BCUT2D eigenvalue weighted by Crippen LogP contribution is -2.29. The molecule has 0 saturated heterocycles. The van der Waals surface area contributed by atoms with E-state index in [1.807, 2.05) is 59.5 Å². The van der Waals surface area contributed by atoms with Crippen molar-refractivity contribution in [2.45, 2.75) is 17.9 Å². The molecule has 0 radical (unpaired) electrons. The van der Waals surface area contributed by atoms with Crippen LogP contribution in [0.2, 0.25) is 0 Å². The van der Waals surface area contributed by atoms with E-state index in [9.17, 15) is 10.1 Å². The highest BCUT2D eigenvalue weighted by atomic mass is 32.2. The van der Waals surface area contributed by atoms with Gasteiger partial charge in [0.2, 0.25) is 5.91 Å². The number of fused-ring (bicyclic) bond motifs is 1. The Morgan fingerprint density at radius 1 is 1.07 bits per heavy atom. The van der Waals surface area contributed by atoms with Crippen LogP contribution in [0.4, 0.5) is 5.69 Å². The maximum absolute atomic E-state index is 12.7. The van der Waals surface area contributed by atoms with E-state index in [1.54, 1.807) is 6.07 Å². The topological polar surface area (TPSA) is 57.0 Å². The number of para-hydroxylation sites is 1. The molecule has 28 heavy (non-hydrogen) atoms. The first-order chi connectivity index (χ1) is 13.8. The molecule has 2 aromatic carbocycles. The average molecular weight is 385 g/mol. The number of hydrogen-bond acceptors (Lipinski definition) is 4. The first-order valence-electron chi connectivity index (χ1n) is 9.24. The van der Waals surface area contributed by atoms with Crippen LogP contribution in [0.1, 0.15) is 17.5 Å². The van der Waals surface area contributed by atoms with Crippen molar-refractivity contribution >= 4 is 23.4 Å². The van der Waals surface area contributed by atoms with Gasteiger partial charge in [0.15, 0.2) is 0 Å². The number of nitriles is 1. The molecular formula is C23H19N3OS. The fourth-order valence-electron chi connectivity index (χ4n) is 3.37. The Morgan fingerprint density at radius 2 is 1.86 bits per heavy atom. The van der Waals surface area contributed by atoms with Crippen molar-refractivity contribution in [3.63, 3.8) is 0 Å². The van der Waals surface area contributed by atoms with Gasteiger partial charge in [-0.3, -0.25) is 4.79 Å². The van der Waals surface area contributed by atoms with Crippen LogP contribution in [0, 0.1) is 11.3 Å². The van der Waals surface area contributed by atoms with Crippen molar-refractivity contribution in [1.82, 2.24) is 4.98 Å². The van der Waals surface area contributed by atoms with Gasteiger partial charge in [-0.15, -0.1) is 11.8 Å². The maximum atomic E-state index is 12.7. The lowest BCUT2D eigenvalue weighted by molar-refractivity contribution is -0.118. The molecule has 138 valence electrons. The van der Waals surface area contributed by atoms with Crippen LogP contribution < -0.4 is 4.90 Å². The Labute approximate surface area is 168 Å². The van der Waals surface area contributed by atoms with Gasteiger partial charge in [0.05, 0.1) is 11.3 Å². The summed E-state index contributed by atoms with van der Waals surface area (Å²) in [5, 5.41) is 10.1. The van der Waals surface area contributed by atoms with Gasteiger partial charge < -0.3 is 4.90 Å². The van der Waals surface area contributed by atoms with Crippen LogP contribution in [-0.4, -0.2) is 23.2 Å². The third-order valence-electron chi connectivity index (χ3n) is 4.79. The Bertz CT molecular complexity index is 1040. The molecule has 0 atom stereocenters. The lowest BCUT2D eigenvalue weighted by Gasteiger charge is -2.17. The fourth-order valence-corrected chi connectivity index (χ4v) is 4.27. The number of carbonyl (C=O) groups is 1. The zero-order chi connectivity index (χ0) is 19.3. The van der Waals surface area contributed by atoms with E-state index < -0.39 is 0 Å². The van der Waals surface area contributed by atoms with E-state index in [-0.39, 0.29) is 5.91 Å². The van der Waals surface area contributed by atoms with Crippen LogP contribution in [0.15, 0.2) is 71.8 Å². The first kappa shape index (κ1) is 18.3. The van der Waals surface area contributed by atoms with Crippen LogP contribution in [0.25, 0.3) is 11.3 Å². The highest BCUT2D eigenvalue weighted by Crippen LogP contribution is 2.29. The number of hydrogen-bond donors (Lipinski definition) is 0. The number of amides is 1. The van der Waals surface area contributed by atoms with Gasteiger partial charge in [-0.05, 0) is 30.2 Å². The zero-order valence-electron chi connectivity index (χ0n) is 15.3. The Kier molecular flexibility index (Phi) is 5.41. The second kappa shape index (κ2) is 8.28. The summed E-state index contributed by atoms with van der Waals surface area (Å²) in [6, 6.07) is 23.8. The predicted octanol–water partition coefficient (Wildman–Crippen LogP) is 4.69. The van der Waals surface area contributed by atoms with Gasteiger partial charge in [-0.25, -0.2) is 4.98 Å². The monoisotopic (exact) mass is 385 g/mol. The minimum absolute atomic E-state index is 0.121. The summed E-state index contributed by atoms with van der Waals surface area (Å²) in [4.78, 5) is 19.2. The quantitative estimate of drug-likeness (QED) is 0.598. The molecule has 4 nitrogen and oxygen atoms in total. The van der Waals surface area contributed by atoms with Crippen molar-refractivity contribution < 1.29 is 4.79 Å². The van der Waals surface area contributed by atoms with Crippen molar-refractivity contribution in [2.24, 2.45) is 0 Å². The summed E-state index contributed by atoms with van der Waals surface area (Å²) >= 11 is 1.47. The molecule has 1 aliphatic rings. The summed E-state index contributed by atoms with van der Waals surface area (Å²) in [5.41, 5.74) is 4.65. The van der Waals surface area contributed by atoms with E-state index in [2.05, 4.69) is 17.1 Å². The molecule has 0 bridgehead atoms. The minimum Gasteiger partial charge on any atom is -0.312 e. The van der Waals surface area contributed by atoms with E-state index in [0.29, 0.717) is 22.8 Å². The van der Waals surface area contributed by atoms with Gasteiger partial charge in [0.25, 0.3) is 0 Å². The first-order valence-corrected chi connectivity index (χ1v) is 10.2. The molecule has 2 heterocycles. The molecule has 1 aliphatic heterocycles. The van der Waals surface area contributed by atoms with Crippen LogP contribution in [0.5, 0.6) is 0 Å². The molecule has 5 heteroatoms. The zero-order valence-corrected chi connectivity index (χ0v) is 16.2. The Hall–Kier alpha value is -3.10. The highest BCUT2D eigenvalue weighted by Gasteiger charge is 2.23. The van der Waals surface area contributed by atoms with Gasteiger partial charge >= 0.3 is 0 Å². The number of aromatic nitrogens is 1. The maximum Gasteiger partial charge on any atom is 0.227 e. The molecule has 0 spiro atoms. The van der Waals surface area contributed by atoms with Gasteiger partial charge in [-0.1, -0.05) is 48.5 Å². The standard InChI is InChI=1S/C23H19N3OS/c24-16-19-10-11-20(17-6-2-1-3-7-17)25-23(19)28-15-13-22(27)26-14-12-18-8-4-5-9-21(18)26/h1-11H,12-15H2. The number of nitrogens with zero attached hydrogens (tertiary/aromatic N) is 3. The van der Waals surface area contributed by atoms with E-state index >= 15 is 0 Å². The molecule has 0 N–H and O–H groups in total. The van der Waals surface area contributed by atoms with Crippen LogP contribution in [-0.2, 0) is 11.2 Å². The molecule has 0 aliphatic carbocycles. The highest BCUT2D eigenvalue weighted by molar-refractivity contribution is 7.99. The average Bonchev–Trinajstić information content (AvgIpc) is 3.18. The Balaban J connectivity index is 1.44. The summed E-state index contributed by atoms with van der Waals surface area (Å²) in [6.45, 7) is 0.744. The largest absolute Gasteiger partial charge is 0.312 e. The number of anilines is 1. The van der Waals surface area contributed by atoms with E-state index in [4.69, 9.17) is 0 Å². The SMILES string of the molecule is N#Cc1ccc(-c2ccccc2)nc1SCCC(=O)N1CCc2ccccc21. The molecule has 0 saturated carbocycles. The summed E-state index contributed by atoms with van der Waals surface area (Å²) in [5.74, 6) is 0.715. The number of carbonyl (C=O) groups excluding carboxylic acids is 1. The number of pyridine rings is 1. The predicted molar refractivity (Wildman–Crippen MR) is 112 cm³/mol. The Morgan fingerprint density at radius 3 is 2.68 bits per heavy atom. The van der Waals surface area contributed by atoms with E-state index in [0.717, 1.165) is 29.9 Å². The third kappa shape index (κ3) is 3.78. The van der Waals surface area contributed by atoms with Gasteiger partial charge in [0.1, 0.15) is 11.1 Å². The van der Waals surface area contributed by atoms with Crippen molar-refractivity contribution in [3.8, 4) is 17.3 Å². The molecule has 1 aromatic heterocycles. The smallest absolute Gasteiger partial charge is 0.227 e. The van der Waals surface area contributed by atoms with Crippen LogP contribution >= 0.6 is 11.8 Å².